The molecule has 0 spiro atoms. The Kier molecular flexibility index (Phi) is 9.37. The molecule has 6 nitrogen and oxygen atoms in total. The van der Waals surface area contributed by atoms with Crippen molar-refractivity contribution < 1.29 is 23.8 Å². The Labute approximate surface area is 225 Å². The molecule has 5 unspecified atom stereocenters. The highest BCUT2D eigenvalue weighted by Gasteiger charge is 2.58. The van der Waals surface area contributed by atoms with Crippen molar-refractivity contribution in [2.24, 2.45) is 11.1 Å². The highest BCUT2D eigenvalue weighted by Crippen LogP contribution is 2.50. The summed E-state index contributed by atoms with van der Waals surface area (Å²) in [4.78, 5) is 13.5. The Hall–Kier alpha value is -2.07. The zero-order valence-electron chi connectivity index (χ0n) is 20.8. The molecule has 10 heteroatoms. The van der Waals surface area contributed by atoms with E-state index < -0.39 is 59.2 Å². The van der Waals surface area contributed by atoms with Gasteiger partial charge in [0.1, 0.15) is 11.6 Å². The minimum atomic E-state index is -1.60. The van der Waals surface area contributed by atoms with Crippen LogP contribution in [0.25, 0.3) is 0 Å². The lowest BCUT2D eigenvalue weighted by Crippen LogP contribution is -2.52. The third-order valence-electron chi connectivity index (χ3n) is 7.07. The number of carbonyl (C=O) groups excluding carboxylic acids is 1. The fraction of sp³-hybridized carbons (Fsp3) is 0.444. The molecule has 0 aliphatic carbocycles. The molecule has 2 aromatic rings. The lowest BCUT2D eigenvalue weighted by Gasteiger charge is -2.40. The van der Waals surface area contributed by atoms with E-state index in [-0.39, 0.29) is 34.1 Å². The van der Waals surface area contributed by atoms with Gasteiger partial charge in [-0.2, -0.15) is 0 Å². The van der Waals surface area contributed by atoms with E-state index in [1.54, 1.807) is 12.1 Å². The van der Waals surface area contributed by atoms with Gasteiger partial charge in [-0.15, -0.1) is 6.58 Å². The van der Waals surface area contributed by atoms with E-state index in [1.165, 1.54) is 24.3 Å². The maximum Gasteiger partial charge on any atom is 0.237 e. The molecule has 1 amide bonds. The normalized spacial score (nSPS) is 24.6. The third kappa shape index (κ3) is 6.16. The molecule has 2 aromatic carbocycles. The number of aliphatic hydroxyl groups is 2. The van der Waals surface area contributed by atoms with Crippen LogP contribution in [0.3, 0.4) is 0 Å². The van der Waals surface area contributed by atoms with Crippen molar-refractivity contribution >= 4 is 29.1 Å². The van der Waals surface area contributed by atoms with Gasteiger partial charge < -0.3 is 26.6 Å². The predicted molar refractivity (Wildman–Crippen MR) is 141 cm³/mol. The summed E-state index contributed by atoms with van der Waals surface area (Å²) in [6.45, 7) is 7.35. The predicted octanol–water partition coefficient (Wildman–Crippen LogP) is 4.01. The molecule has 3 rings (SSSR count). The van der Waals surface area contributed by atoms with Gasteiger partial charge >= 0.3 is 0 Å². The van der Waals surface area contributed by atoms with Gasteiger partial charge in [-0.05, 0) is 42.0 Å². The van der Waals surface area contributed by atoms with E-state index in [0.717, 1.165) is 6.07 Å². The molecule has 37 heavy (non-hydrogen) atoms. The summed E-state index contributed by atoms with van der Waals surface area (Å²) in [5.74, 6) is -3.03. The number of halogens is 4. The van der Waals surface area contributed by atoms with E-state index in [9.17, 15) is 9.90 Å². The van der Waals surface area contributed by atoms with Crippen LogP contribution in [0, 0.1) is 17.0 Å². The minimum Gasteiger partial charge on any atom is -0.394 e. The fourth-order valence-electron chi connectivity index (χ4n) is 4.96. The topological polar surface area (TPSA) is 108 Å². The summed E-state index contributed by atoms with van der Waals surface area (Å²) in [6.07, 6.45) is 1.20. The van der Waals surface area contributed by atoms with Crippen molar-refractivity contribution in [1.29, 1.82) is 0 Å². The maximum absolute atomic E-state index is 15.5. The quantitative estimate of drug-likeness (QED) is 0.285. The Morgan fingerprint density at radius 3 is 2.65 bits per heavy atom. The van der Waals surface area contributed by atoms with Crippen LogP contribution in [0.5, 0.6) is 0 Å². The van der Waals surface area contributed by atoms with Crippen LogP contribution in [0.4, 0.5) is 8.78 Å². The second kappa shape index (κ2) is 11.8. The molecular weight excluding hydrogens is 523 g/mol. The van der Waals surface area contributed by atoms with Crippen LogP contribution in [-0.2, 0) is 10.3 Å². The standard InChI is InChI=1S/C27H33Cl2F2N3O3/c1-4-26(2,3)13-21-27(32,18-9-8-15(28)12-20(18)30)22(17-6-5-7-19(29)23(17)31)24(34-21)25(37)33-11-10-16(36)14-35/h4-9,12,16,21-22,24,34-36H,1,10-11,13-14,32H2,2-3H3,(H,33,37). The molecule has 6 N–H and O–H groups in total. The molecule has 1 heterocycles. The zero-order valence-corrected chi connectivity index (χ0v) is 22.3. The molecule has 0 saturated carbocycles. The molecule has 1 saturated heterocycles. The molecule has 0 aromatic heterocycles. The van der Waals surface area contributed by atoms with Gasteiger partial charge in [0.05, 0.1) is 29.3 Å². The molecule has 0 bridgehead atoms. The highest BCUT2D eigenvalue weighted by atomic mass is 35.5. The summed E-state index contributed by atoms with van der Waals surface area (Å²) in [6, 6.07) is 6.74. The number of benzene rings is 2. The van der Waals surface area contributed by atoms with Crippen molar-refractivity contribution in [1.82, 2.24) is 10.6 Å². The lowest BCUT2D eigenvalue weighted by molar-refractivity contribution is -0.123. The fourth-order valence-corrected chi connectivity index (χ4v) is 5.30. The van der Waals surface area contributed by atoms with Gasteiger partial charge in [-0.3, -0.25) is 4.79 Å². The number of allylic oxidation sites excluding steroid dienone is 1. The second-order valence-corrected chi connectivity index (χ2v) is 11.0. The van der Waals surface area contributed by atoms with Gasteiger partial charge in [0.2, 0.25) is 5.91 Å². The number of aliphatic hydroxyl groups excluding tert-OH is 2. The van der Waals surface area contributed by atoms with Gasteiger partial charge in [0, 0.05) is 29.1 Å². The number of hydrogen-bond acceptors (Lipinski definition) is 5. The summed E-state index contributed by atoms with van der Waals surface area (Å²) >= 11 is 12.1. The first kappa shape index (κ1) is 29.5. The maximum atomic E-state index is 15.5. The van der Waals surface area contributed by atoms with Gasteiger partial charge in [0.15, 0.2) is 0 Å². The Morgan fingerprint density at radius 1 is 1.32 bits per heavy atom. The number of carbonyl (C=O) groups is 1. The van der Waals surface area contributed by atoms with Crippen LogP contribution in [0.2, 0.25) is 10.0 Å². The summed E-state index contributed by atoms with van der Waals surface area (Å²) in [7, 11) is 0. The first-order valence-electron chi connectivity index (χ1n) is 12.0. The van der Waals surface area contributed by atoms with E-state index in [4.69, 9.17) is 34.0 Å². The van der Waals surface area contributed by atoms with E-state index >= 15 is 8.78 Å². The average Bonchev–Trinajstić information content (AvgIpc) is 3.12. The summed E-state index contributed by atoms with van der Waals surface area (Å²) in [5, 5.41) is 24.7. The minimum absolute atomic E-state index is 0.0547. The molecule has 0 radical (unpaired) electrons. The molecule has 1 aliphatic heterocycles. The molecular formula is C27H33Cl2F2N3O3. The van der Waals surface area contributed by atoms with Crippen LogP contribution < -0.4 is 16.4 Å². The van der Waals surface area contributed by atoms with Crippen molar-refractivity contribution in [3.63, 3.8) is 0 Å². The molecule has 1 fully saturated rings. The first-order chi connectivity index (χ1) is 17.4. The Morgan fingerprint density at radius 2 is 2.03 bits per heavy atom. The van der Waals surface area contributed by atoms with Crippen molar-refractivity contribution in [3.8, 4) is 0 Å². The van der Waals surface area contributed by atoms with Crippen molar-refractivity contribution in [3.05, 3.63) is 81.9 Å². The van der Waals surface area contributed by atoms with Crippen LogP contribution in [0.1, 0.15) is 43.7 Å². The summed E-state index contributed by atoms with van der Waals surface area (Å²) in [5.41, 5.74) is 5.17. The average molecular weight is 556 g/mol. The van der Waals surface area contributed by atoms with Crippen molar-refractivity contribution in [2.45, 2.75) is 56.3 Å². The Balaban J connectivity index is 2.19. The summed E-state index contributed by atoms with van der Waals surface area (Å²) < 4.78 is 31.0. The number of amides is 1. The Bertz CT molecular complexity index is 1150. The smallest absolute Gasteiger partial charge is 0.237 e. The number of hydrogen-bond donors (Lipinski definition) is 5. The van der Waals surface area contributed by atoms with Gasteiger partial charge in [-0.25, -0.2) is 8.78 Å². The van der Waals surface area contributed by atoms with Gasteiger partial charge in [-0.1, -0.05) is 61.3 Å². The first-order valence-corrected chi connectivity index (χ1v) is 12.8. The van der Waals surface area contributed by atoms with E-state index in [1.807, 2.05) is 13.8 Å². The van der Waals surface area contributed by atoms with Crippen LogP contribution >= 0.6 is 23.2 Å². The number of nitrogens with two attached hydrogens (primary N) is 1. The van der Waals surface area contributed by atoms with Crippen LogP contribution in [0.15, 0.2) is 49.1 Å². The molecule has 5 atom stereocenters. The number of nitrogens with one attached hydrogen (secondary N) is 2. The van der Waals surface area contributed by atoms with Gasteiger partial charge in [0.25, 0.3) is 0 Å². The van der Waals surface area contributed by atoms with E-state index in [0.29, 0.717) is 6.42 Å². The monoisotopic (exact) mass is 555 g/mol. The molecule has 202 valence electrons. The zero-order chi connectivity index (χ0) is 27.5. The van der Waals surface area contributed by atoms with Crippen LogP contribution in [-0.4, -0.2) is 47.5 Å². The highest BCUT2D eigenvalue weighted by molar-refractivity contribution is 6.31. The SMILES string of the molecule is C=CC(C)(C)CC1NC(C(=O)NCCC(O)CO)C(c2cccc(Cl)c2F)C1(N)c1ccc(Cl)cc1F. The number of rotatable bonds is 10. The largest absolute Gasteiger partial charge is 0.394 e. The van der Waals surface area contributed by atoms with E-state index in [2.05, 4.69) is 17.2 Å². The van der Waals surface area contributed by atoms with Crippen molar-refractivity contribution in [2.75, 3.05) is 13.2 Å². The molecule has 1 aliphatic rings. The lowest BCUT2D eigenvalue weighted by atomic mass is 9.68. The third-order valence-corrected chi connectivity index (χ3v) is 7.60. The second-order valence-electron chi connectivity index (χ2n) is 10.2.